The Hall–Kier alpha value is -2.27. The van der Waals surface area contributed by atoms with Gasteiger partial charge in [-0.15, -0.1) is 10.2 Å². The first-order valence-electron chi connectivity index (χ1n) is 11.3. The zero-order chi connectivity index (χ0) is 23.4. The molecule has 2 saturated heterocycles. The van der Waals surface area contributed by atoms with Crippen molar-refractivity contribution >= 4 is 22.4 Å². The van der Waals surface area contributed by atoms with E-state index in [4.69, 9.17) is 0 Å². The number of carbonyl (C=O) groups excluding carboxylic acids is 1. The fraction of sp³-hybridized carbons (Fsp3) is 0.636. The minimum absolute atomic E-state index is 0.129. The maximum Gasteiger partial charge on any atom is 0.417 e. The highest BCUT2D eigenvalue weighted by Crippen LogP contribution is 2.30. The molecule has 4 heterocycles. The Morgan fingerprint density at radius 2 is 1.94 bits per heavy atom. The molecule has 180 valence electrons. The SMILES string of the molecule is Cc1nnc(N2CCN(CCC(=O)N3CCC[C@H](Cc4cncc(C(F)(F)F)c4)C3)CC2)s1. The van der Waals surface area contributed by atoms with Crippen molar-refractivity contribution in [3.63, 3.8) is 0 Å². The minimum Gasteiger partial charge on any atom is -0.344 e. The summed E-state index contributed by atoms with van der Waals surface area (Å²) in [6.45, 7) is 7.51. The Balaban J connectivity index is 1.22. The van der Waals surface area contributed by atoms with Crippen molar-refractivity contribution in [2.45, 2.75) is 38.8 Å². The largest absolute Gasteiger partial charge is 0.417 e. The van der Waals surface area contributed by atoms with Crippen molar-refractivity contribution in [1.29, 1.82) is 0 Å². The van der Waals surface area contributed by atoms with E-state index >= 15 is 0 Å². The highest BCUT2D eigenvalue weighted by atomic mass is 32.1. The van der Waals surface area contributed by atoms with E-state index in [0.717, 1.165) is 68.4 Å². The number of anilines is 1. The Bertz CT molecular complexity index is 944. The van der Waals surface area contributed by atoms with E-state index in [-0.39, 0.29) is 11.8 Å². The van der Waals surface area contributed by atoms with E-state index < -0.39 is 11.7 Å². The summed E-state index contributed by atoms with van der Waals surface area (Å²) in [5.74, 6) is 0.288. The van der Waals surface area contributed by atoms with Crippen LogP contribution in [-0.2, 0) is 17.4 Å². The summed E-state index contributed by atoms with van der Waals surface area (Å²) in [5.41, 5.74) is -0.141. The second-order valence-electron chi connectivity index (χ2n) is 8.81. The average Bonchev–Trinajstić information content (AvgIpc) is 3.24. The molecule has 0 saturated carbocycles. The van der Waals surface area contributed by atoms with Gasteiger partial charge in [0.2, 0.25) is 11.0 Å². The number of hydrogen-bond acceptors (Lipinski definition) is 7. The van der Waals surface area contributed by atoms with Gasteiger partial charge in [0, 0.05) is 64.6 Å². The van der Waals surface area contributed by atoms with E-state index in [1.54, 1.807) is 11.3 Å². The monoisotopic (exact) mass is 482 g/mol. The van der Waals surface area contributed by atoms with Gasteiger partial charge in [-0.05, 0) is 43.7 Å². The lowest BCUT2D eigenvalue weighted by Crippen LogP contribution is -2.48. The van der Waals surface area contributed by atoms with Gasteiger partial charge in [-0.25, -0.2) is 0 Å². The van der Waals surface area contributed by atoms with Gasteiger partial charge in [0.15, 0.2) is 0 Å². The number of carbonyl (C=O) groups is 1. The standard InChI is InChI=1S/C22H29F3N6OS/c1-16-27-28-21(33-16)30-9-7-29(8-10-30)6-4-20(32)31-5-2-3-17(15-31)11-18-12-19(14-26-13-18)22(23,24)25/h12-14,17H,2-11,15H2,1H3/t17-/m1/s1. The summed E-state index contributed by atoms with van der Waals surface area (Å²) in [6.07, 6.45) is 0.728. The molecule has 0 aliphatic carbocycles. The van der Waals surface area contributed by atoms with Crippen LogP contribution in [0, 0.1) is 12.8 Å². The molecule has 0 spiro atoms. The third kappa shape index (κ3) is 6.41. The van der Waals surface area contributed by atoms with Crippen LogP contribution in [0.3, 0.4) is 0 Å². The lowest BCUT2D eigenvalue weighted by Gasteiger charge is -2.36. The van der Waals surface area contributed by atoms with Gasteiger partial charge < -0.3 is 9.80 Å². The van der Waals surface area contributed by atoms with Crippen LogP contribution < -0.4 is 4.90 Å². The van der Waals surface area contributed by atoms with Gasteiger partial charge >= 0.3 is 6.18 Å². The van der Waals surface area contributed by atoms with E-state index in [1.807, 2.05) is 11.8 Å². The second kappa shape index (κ2) is 10.3. The number of aromatic nitrogens is 3. The maximum atomic E-state index is 13.0. The van der Waals surface area contributed by atoms with Crippen LogP contribution in [0.1, 0.15) is 35.4 Å². The molecular weight excluding hydrogens is 453 g/mol. The van der Waals surface area contributed by atoms with Crippen molar-refractivity contribution in [2.75, 3.05) is 50.7 Å². The molecule has 2 aromatic heterocycles. The molecular formula is C22H29F3N6OS. The van der Waals surface area contributed by atoms with Crippen LogP contribution >= 0.6 is 11.3 Å². The summed E-state index contributed by atoms with van der Waals surface area (Å²) < 4.78 is 38.9. The average molecular weight is 483 g/mol. The minimum atomic E-state index is -4.39. The van der Waals surface area contributed by atoms with Gasteiger partial charge in [0.1, 0.15) is 5.01 Å². The van der Waals surface area contributed by atoms with E-state index in [0.29, 0.717) is 24.9 Å². The van der Waals surface area contributed by atoms with Gasteiger partial charge in [0.25, 0.3) is 0 Å². The number of halogens is 3. The first-order chi connectivity index (χ1) is 15.8. The summed E-state index contributed by atoms with van der Waals surface area (Å²) in [6, 6.07) is 1.18. The first-order valence-corrected chi connectivity index (χ1v) is 12.2. The van der Waals surface area contributed by atoms with Crippen LogP contribution in [-0.4, -0.2) is 76.7 Å². The highest BCUT2D eigenvalue weighted by molar-refractivity contribution is 7.15. The number of rotatable bonds is 6. The molecule has 1 amide bonds. The number of piperidine rings is 1. The van der Waals surface area contributed by atoms with Gasteiger partial charge in [0.05, 0.1) is 5.56 Å². The molecule has 7 nitrogen and oxygen atoms in total. The van der Waals surface area contributed by atoms with Crippen molar-refractivity contribution < 1.29 is 18.0 Å². The summed E-state index contributed by atoms with van der Waals surface area (Å²) in [7, 11) is 0. The molecule has 2 aliphatic rings. The molecule has 2 aliphatic heterocycles. The molecule has 0 radical (unpaired) electrons. The Labute approximate surface area is 195 Å². The summed E-state index contributed by atoms with van der Waals surface area (Å²) in [5, 5.41) is 10.2. The molecule has 0 N–H and O–H groups in total. The molecule has 4 rings (SSSR count). The Morgan fingerprint density at radius 1 is 1.15 bits per heavy atom. The molecule has 2 fully saturated rings. The van der Waals surface area contributed by atoms with Crippen molar-refractivity contribution in [1.82, 2.24) is 25.0 Å². The number of aryl methyl sites for hydroxylation is 1. The maximum absolute atomic E-state index is 13.0. The number of hydrogen-bond donors (Lipinski definition) is 0. The molecule has 0 aromatic carbocycles. The van der Waals surface area contributed by atoms with Crippen LogP contribution in [0.4, 0.5) is 18.3 Å². The normalized spacial score (nSPS) is 20.3. The predicted octanol–water partition coefficient (Wildman–Crippen LogP) is 3.25. The van der Waals surface area contributed by atoms with Crippen LogP contribution in [0.15, 0.2) is 18.5 Å². The molecule has 0 bridgehead atoms. The molecule has 1 atom stereocenters. The van der Waals surface area contributed by atoms with Gasteiger partial charge in [-0.2, -0.15) is 13.2 Å². The Morgan fingerprint density at radius 3 is 2.64 bits per heavy atom. The summed E-state index contributed by atoms with van der Waals surface area (Å²) in [4.78, 5) is 23.0. The molecule has 0 unspecified atom stereocenters. The smallest absolute Gasteiger partial charge is 0.344 e. The molecule has 33 heavy (non-hydrogen) atoms. The zero-order valence-electron chi connectivity index (χ0n) is 18.7. The second-order valence-corrected chi connectivity index (χ2v) is 9.97. The predicted molar refractivity (Wildman–Crippen MR) is 120 cm³/mol. The lowest BCUT2D eigenvalue weighted by molar-refractivity contribution is -0.138. The topological polar surface area (TPSA) is 65.5 Å². The lowest BCUT2D eigenvalue weighted by atomic mass is 9.91. The fourth-order valence-corrected chi connectivity index (χ4v) is 5.27. The highest BCUT2D eigenvalue weighted by Gasteiger charge is 2.31. The van der Waals surface area contributed by atoms with Crippen molar-refractivity contribution in [2.24, 2.45) is 5.92 Å². The number of alkyl halides is 3. The molecule has 11 heteroatoms. The van der Waals surface area contributed by atoms with Gasteiger partial charge in [-0.3, -0.25) is 14.7 Å². The van der Waals surface area contributed by atoms with Gasteiger partial charge in [-0.1, -0.05) is 11.3 Å². The van der Waals surface area contributed by atoms with E-state index in [2.05, 4.69) is 25.0 Å². The van der Waals surface area contributed by atoms with Crippen LogP contribution in [0.2, 0.25) is 0 Å². The summed E-state index contributed by atoms with van der Waals surface area (Å²) >= 11 is 1.60. The third-order valence-electron chi connectivity index (χ3n) is 6.32. The number of nitrogens with zero attached hydrogens (tertiary/aromatic N) is 6. The molecule has 2 aromatic rings. The first kappa shape index (κ1) is 23.9. The Kier molecular flexibility index (Phi) is 7.48. The van der Waals surface area contributed by atoms with Crippen molar-refractivity contribution in [3.8, 4) is 0 Å². The van der Waals surface area contributed by atoms with E-state index in [1.165, 1.54) is 12.3 Å². The van der Waals surface area contributed by atoms with Crippen LogP contribution in [0.5, 0.6) is 0 Å². The third-order valence-corrected chi connectivity index (χ3v) is 7.22. The number of amides is 1. The van der Waals surface area contributed by atoms with Crippen LogP contribution in [0.25, 0.3) is 0 Å². The number of piperazine rings is 1. The van der Waals surface area contributed by atoms with Crippen molar-refractivity contribution in [3.05, 3.63) is 34.6 Å². The zero-order valence-corrected chi connectivity index (χ0v) is 19.5. The number of likely N-dealkylation sites (tertiary alicyclic amines) is 1. The fourth-order valence-electron chi connectivity index (χ4n) is 4.53. The quantitative estimate of drug-likeness (QED) is 0.630. The number of pyridine rings is 1. The van der Waals surface area contributed by atoms with E-state index in [9.17, 15) is 18.0 Å².